The zero-order valence-electron chi connectivity index (χ0n) is 20.4. The molecule has 0 radical (unpaired) electrons. The van der Waals surface area contributed by atoms with Gasteiger partial charge in [0, 0.05) is 0 Å². The smallest absolute Gasteiger partial charge is 0.0354 e. The predicted octanol–water partition coefficient (Wildman–Crippen LogP) is 9.77. The largest absolute Gasteiger partial charge is 0.0683 e. The van der Waals surface area contributed by atoms with E-state index in [2.05, 4.69) is 83.1 Å². The molecule has 0 fully saturated rings. The highest BCUT2D eigenvalue weighted by atomic mass is 14.2. The normalized spacial score (nSPS) is 13.2. The average molecular weight is 345 g/mol. The molecule has 0 aliphatic carbocycles. The van der Waals surface area contributed by atoms with Crippen LogP contribution < -0.4 is 0 Å². The van der Waals surface area contributed by atoms with Gasteiger partial charge in [-0.3, -0.25) is 0 Å². The van der Waals surface area contributed by atoms with Gasteiger partial charge < -0.3 is 0 Å². The first-order valence-corrected chi connectivity index (χ1v) is 10.9. The first-order valence-electron chi connectivity index (χ1n) is 10.9. The van der Waals surface area contributed by atoms with E-state index >= 15 is 0 Å². The molecule has 0 rings (SSSR count). The van der Waals surface area contributed by atoms with Crippen molar-refractivity contribution < 1.29 is 0 Å². The van der Waals surface area contributed by atoms with Gasteiger partial charge in [-0.25, -0.2) is 0 Å². The third-order valence-corrected chi connectivity index (χ3v) is 4.76. The van der Waals surface area contributed by atoms with Crippen LogP contribution in [0.4, 0.5) is 0 Å². The molecule has 0 heterocycles. The van der Waals surface area contributed by atoms with Gasteiger partial charge in [-0.2, -0.15) is 0 Å². The Hall–Kier alpha value is 0. The average Bonchev–Trinajstić information content (AvgIpc) is 2.49. The lowest BCUT2D eigenvalue weighted by atomic mass is 9.80. The second-order valence-corrected chi connectivity index (χ2v) is 9.00. The van der Waals surface area contributed by atoms with Crippen LogP contribution in [0, 0.1) is 22.7 Å². The lowest BCUT2D eigenvalue weighted by Gasteiger charge is -2.26. The van der Waals surface area contributed by atoms with E-state index < -0.39 is 0 Å². The summed E-state index contributed by atoms with van der Waals surface area (Å²) in [4.78, 5) is 0. The fourth-order valence-corrected chi connectivity index (χ4v) is 2.10. The Morgan fingerprint density at radius 2 is 1.12 bits per heavy atom. The second-order valence-electron chi connectivity index (χ2n) is 9.00. The molecule has 0 heteroatoms. The van der Waals surface area contributed by atoms with Gasteiger partial charge in [-0.05, 0) is 29.1 Å². The lowest BCUT2D eigenvalue weighted by molar-refractivity contribution is 0.245. The Balaban J connectivity index is -0.000000132. The molecule has 0 saturated carbocycles. The maximum Gasteiger partial charge on any atom is -0.0354 e. The number of rotatable bonds is 6. The molecule has 0 aromatic heterocycles. The third kappa shape index (κ3) is 26.9. The minimum absolute atomic E-state index is 0.510. The summed E-state index contributed by atoms with van der Waals surface area (Å²) in [7, 11) is 0. The first kappa shape index (κ1) is 31.7. The van der Waals surface area contributed by atoms with Gasteiger partial charge >= 0.3 is 0 Å². The molecular formula is C24H56. The molecule has 0 amide bonds. The molecule has 2 unspecified atom stereocenters. The van der Waals surface area contributed by atoms with Crippen molar-refractivity contribution >= 4 is 0 Å². The van der Waals surface area contributed by atoms with Crippen LogP contribution in [0.3, 0.4) is 0 Å². The quantitative estimate of drug-likeness (QED) is 0.449. The summed E-state index contributed by atoms with van der Waals surface area (Å²) in [6.07, 6.45) is 7.93. The van der Waals surface area contributed by atoms with E-state index in [9.17, 15) is 0 Å². The van der Waals surface area contributed by atoms with Crippen molar-refractivity contribution in [2.24, 2.45) is 22.7 Å². The molecular weight excluding hydrogens is 288 g/mol. The van der Waals surface area contributed by atoms with E-state index in [0.717, 1.165) is 11.8 Å². The van der Waals surface area contributed by atoms with E-state index in [-0.39, 0.29) is 0 Å². The molecule has 24 heavy (non-hydrogen) atoms. The van der Waals surface area contributed by atoms with Crippen LogP contribution in [0.15, 0.2) is 0 Å². The summed E-state index contributed by atoms with van der Waals surface area (Å²) in [5.74, 6) is 1.76. The summed E-state index contributed by atoms with van der Waals surface area (Å²) in [6, 6.07) is 0. The summed E-state index contributed by atoms with van der Waals surface area (Å²) in [5, 5.41) is 0. The standard InChI is InChI=1S/C10H22.C9H20.C3H8.C2H6/c1-6-9(3)8-10(4,5)7-2;1-6-7-8(2)9(3,4)5;1-3-2;1-2/h9H,6-8H2,1-5H3;8H,6-7H2,1-5H3;3H2,1-2H3;1-2H3. The van der Waals surface area contributed by atoms with Gasteiger partial charge in [0.1, 0.15) is 0 Å². The third-order valence-electron chi connectivity index (χ3n) is 4.76. The Kier molecular flexibility index (Phi) is 25.6. The van der Waals surface area contributed by atoms with Gasteiger partial charge in [0.25, 0.3) is 0 Å². The molecule has 0 aromatic rings. The van der Waals surface area contributed by atoms with E-state index in [1.165, 1.54) is 38.5 Å². The van der Waals surface area contributed by atoms with Crippen LogP contribution in [0.2, 0.25) is 0 Å². The molecule has 0 N–H and O–H groups in total. The van der Waals surface area contributed by atoms with Crippen molar-refractivity contribution in [1.82, 2.24) is 0 Å². The highest BCUT2D eigenvalue weighted by Gasteiger charge is 2.18. The zero-order chi connectivity index (χ0) is 20.4. The minimum Gasteiger partial charge on any atom is -0.0683 e. The lowest BCUT2D eigenvalue weighted by Crippen LogP contribution is -2.16. The van der Waals surface area contributed by atoms with Crippen molar-refractivity contribution in [2.45, 2.75) is 135 Å². The minimum atomic E-state index is 0.510. The van der Waals surface area contributed by atoms with E-state index in [4.69, 9.17) is 0 Å². The van der Waals surface area contributed by atoms with Gasteiger partial charge in [0.15, 0.2) is 0 Å². The predicted molar refractivity (Wildman–Crippen MR) is 119 cm³/mol. The van der Waals surface area contributed by atoms with Gasteiger partial charge in [-0.15, -0.1) is 0 Å². The van der Waals surface area contributed by atoms with Crippen molar-refractivity contribution in [3.8, 4) is 0 Å². The van der Waals surface area contributed by atoms with Crippen LogP contribution in [-0.2, 0) is 0 Å². The van der Waals surface area contributed by atoms with Crippen LogP contribution in [0.1, 0.15) is 135 Å². The molecule has 0 spiro atoms. The van der Waals surface area contributed by atoms with Crippen molar-refractivity contribution in [2.75, 3.05) is 0 Å². The molecule has 0 aliphatic heterocycles. The molecule has 2 atom stereocenters. The van der Waals surface area contributed by atoms with Crippen molar-refractivity contribution in [1.29, 1.82) is 0 Å². The van der Waals surface area contributed by atoms with E-state index in [1.54, 1.807) is 0 Å². The molecule has 0 saturated heterocycles. The fraction of sp³-hybridized carbons (Fsp3) is 1.00. The number of hydrogen-bond donors (Lipinski definition) is 0. The van der Waals surface area contributed by atoms with Crippen molar-refractivity contribution in [3.63, 3.8) is 0 Å². The SMILES string of the molecule is CC.CCC.CCC(C)CC(C)(C)CC.CCCC(C)C(C)(C)C. The molecule has 0 bridgehead atoms. The summed E-state index contributed by atoms with van der Waals surface area (Å²) >= 11 is 0. The van der Waals surface area contributed by atoms with Crippen LogP contribution >= 0.6 is 0 Å². The number of hydrogen-bond acceptors (Lipinski definition) is 0. The zero-order valence-corrected chi connectivity index (χ0v) is 20.4. The Bertz CT molecular complexity index is 207. The monoisotopic (exact) mass is 344 g/mol. The maximum absolute atomic E-state index is 2.36. The Morgan fingerprint density at radius 3 is 1.29 bits per heavy atom. The molecule has 152 valence electrons. The van der Waals surface area contributed by atoms with E-state index in [0.29, 0.717) is 10.8 Å². The Labute approximate surface area is 158 Å². The molecule has 0 aliphatic rings. The van der Waals surface area contributed by atoms with Crippen LogP contribution in [0.5, 0.6) is 0 Å². The van der Waals surface area contributed by atoms with Crippen LogP contribution in [0.25, 0.3) is 0 Å². The van der Waals surface area contributed by atoms with E-state index in [1.807, 2.05) is 13.8 Å². The molecule has 0 nitrogen and oxygen atoms in total. The van der Waals surface area contributed by atoms with Gasteiger partial charge in [0.05, 0.1) is 0 Å². The first-order chi connectivity index (χ1) is 10.9. The fourth-order valence-electron chi connectivity index (χ4n) is 2.10. The highest BCUT2D eigenvalue weighted by molar-refractivity contribution is 4.69. The second kappa shape index (κ2) is 19.3. The summed E-state index contributed by atoms with van der Waals surface area (Å²) in [5.41, 5.74) is 1.07. The summed E-state index contributed by atoms with van der Waals surface area (Å²) < 4.78 is 0. The summed E-state index contributed by atoms with van der Waals surface area (Å²) in [6.45, 7) is 31.4. The Morgan fingerprint density at radius 1 is 0.750 bits per heavy atom. The topological polar surface area (TPSA) is 0 Å². The van der Waals surface area contributed by atoms with Gasteiger partial charge in [-0.1, -0.05) is 129 Å². The highest BCUT2D eigenvalue weighted by Crippen LogP contribution is 2.30. The van der Waals surface area contributed by atoms with Crippen molar-refractivity contribution in [3.05, 3.63) is 0 Å². The molecule has 0 aromatic carbocycles. The van der Waals surface area contributed by atoms with Gasteiger partial charge in [0.2, 0.25) is 0 Å². The maximum atomic E-state index is 2.36. The van der Waals surface area contributed by atoms with Crippen LogP contribution in [-0.4, -0.2) is 0 Å².